The minimum absolute atomic E-state index is 0.167. The van der Waals surface area contributed by atoms with Crippen molar-refractivity contribution in [2.24, 2.45) is 7.05 Å². The number of hydrogen-bond acceptors (Lipinski definition) is 3. The van der Waals surface area contributed by atoms with Gasteiger partial charge in [-0.25, -0.2) is 4.98 Å². The molecule has 106 valence electrons. The van der Waals surface area contributed by atoms with E-state index in [1.165, 1.54) is 0 Å². The molecular weight excluding hydrogens is 276 g/mol. The molecular formula is C14H17ClN4O. The summed E-state index contributed by atoms with van der Waals surface area (Å²) in [7, 11) is 1.84. The van der Waals surface area contributed by atoms with E-state index in [1.54, 1.807) is 23.0 Å². The van der Waals surface area contributed by atoms with Crippen LogP contribution in [0.25, 0.3) is 0 Å². The predicted octanol–water partition coefficient (Wildman–Crippen LogP) is 2.52. The molecule has 2 aromatic rings. The second-order valence-corrected chi connectivity index (χ2v) is 5.35. The molecule has 2 heterocycles. The van der Waals surface area contributed by atoms with Crippen molar-refractivity contribution in [3.05, 3.63) is 46.5 Å². The summed E-state index contributed by atoms with van der Waals surface area (Å²) in [5.74, 6) is 0.0543. The van der Waals surface area contributed by atoms with E-state index in [1.807, 2.05) is 27.1 Å². The zero-order valence-electron chi connectivity index (χ0n) is 11.7. The van der Waals surface area contributed by atoms with Crippen molar-refractivity contribution in [1.29, 1.82) is 0 Å². The summed E-state index contributed by atoms with van der Waals surface area (Å²) in [6.45, 7) is 4.45. The van der Waals surface area contributed by atoms with Crippen LogP contribution in [0.15, 0.2) is 24.5 Å². The van der Waals surface area contributed by atoms with E-state index >= 15 is 0 Å². The summed E-state index contributed by atoms with van der Waals surface area (Å²) >= 11 is 5.95. The molecule has 0 bridgehead atoms. The highest BCUT2D eigenvalue weighted by molar-refractivity contribution is 6.29. The zero-order chi connectivity index (χ0) is 14.7. The van der Waals surface area contributed by atoms with Gasteiger partial charge in [0.1, 0.15) is 5.15 Å². The fourth-order valence-electron chi connectivity index (χ4n) is 1.79. The number of hydrogen-bond donors (Lipinski definition) is 1. The molecule has 0 aliphatic heterocycles. The normalized spacial score (nSPS) is 10.8. The summed E-state index contributed by atoms with van der Waals surface area (Å²) in [5.41, 5.74) is 2.28. The van der Waals surface area contributed by atoms with Crippen LogP contribution in [0.3, 0.4) is 0 Å². The average molecular weight is 293 g/mol. The molecule has 0 aliphatic carbocycles. The maximum Gasteiger partial charge on any atom is 0.251 e. The number of amides is 1. The average Bonchev–Trinajstić information content (AvgIpc) is 2.81. The topological polar surface area (TPSA) is 59.8 Å². The molecule has 0 radical (unpaired) electrons. The minimum atomic E-state index is -0.167. The van der Waals surface area contributed by atoms with E-state index in [9.17, 15) is 4.79 Å². The molecule has 2 aromatic heterocycles. The number of aromatic nitrogens is 3. The molecule has 5 nitrogen and oxygen atoms in total. The maximum absolute atomic E-state index is 12.1. The summed E-state index contributed by atoms with van der Waals surface area (Å²) in [5, 5.41) is 7.23. The number of carbonyl (C=O) groups excluding carboxylic acids is 1. The molecule has 0 unspecified atom stereocenters. The lowest BCUT2D eigenvalue weighted by molar-refractivity contribution is 0.0950. The first-order valence-corrected chi connectivity index (χ1v) is 6.76. The van der Waals surface area contributed by atoms with Crippen LogP contribution >= 0.6 is 11.6 Å². The van der Waals surface area contributed by atoms with Crippen LogP contribution in [0.2, 0.25) is 5.15 Å². The molecule has 0 saturated heterocycles. The van der Waals surface area contributed by atoms with Crippen molar-refractivity contribution in [1.82, 2.24) is 20.1 Å². The van der Waals surface area contributed by atoms with Crippen molar-refractivity contribution in [2.45, 2.75) is 26.3 Å². The van der Waals surface area contributed by atoms with Crippen molar-refractivity contribution in [3.63, 3.8) is 0 Å². The highest BCUT2D eigenvalue weighted by Crippen LogP contribution is 2.17. The second kappa shape index (κ2) is 6.05. The molecule has 0 aromatic carbocycles. The molecule has 1 amide bonds. The van der Waals surface area contributed by atoms with Gasteiger partial charge in [-0.3, -0.25) is 9.48 Å². The third-order valence-electron chi connectivity index (χ3n) is 2.88. The van der Waals surface area contributed by atoms with E-state index in [4.69, 9.17) is 11.6 Å². The Labute approximate surface area is 123 Å². The first-order valence-electron chi connectivity index (χ1n) is 6.39. The third-order valence-corrected chi connectivity index (χ3v) is 3.07. The van der Waals surface area contributed by atoms with Gasteiger partial charge in [-0.2, -0.15) is 5.10 Å². The maximum atomic E-state index is 12.1. The quantitative estimate of drug-likeness (QED) is 0.881. The van der Waals surface area contributed by atoms with Gasteiger partial charge in [-0.05, 0) is 18.1 Å². The van der Waals surface area contributed by atoms with Gasteiger partial charge in [0.25, 0.3) is 5.91 Å². The first kappa shape index (κ1) is 14.5. The summed E-state index contributed by atoms with van der Waals surface area (Å²) in [4.78, 5) is 16.3. The lowest BCUT2D eigenvalue weighted by atomic mass is 10.1. The second-order valence-electron chi connectivity index (χ2n) is 4.96. The molecule has 0 aliphatic rings. The molecule has 1 N–H and O–H groups in total. The molecule has 0 spiro atoms. The van der Waals surface area contributed by atoms with Crippen LogP contribution in [-0.2, 0) is 13.6 Å². The minimum Gasteiger partial charge on any atom is -0.348 e. The van der Waals surface area contributed by atoms with Crippen LogP contribution in [0.4, 0.5) is 0 Å². The van der Waals surface area contributed by atoms with Crippen LogP contribution in [-0.4, -0.2) is 20.7 Å². The Morgan fingerprint density at radius 2 is 2.20 bits per heavy atom. The van der Waals surface area contributed by atoms with E-state index in [-0.39, 0.29) is 11.8 Å². The Morgan fingerprint density at radius 3 is 2.80 bits per heavy atom. The van der Waals surface area contributed by atoms with E-state index in [0.717, 1.165) is 11.3 Å². The number of nitrogens with one attached hydrogen (secondary N) is 1. The molecule has 0 saturated carbocycles. The van der Waals surface area contributed by atoms with Gasteiger partial charge in [0.2, 0.25) is 0 Å². The predicted molar refractivity (Wildman–Crippen MR) is 77.7 cm³/mol. The number of pyridine rings is 1. The number of nitrogens with zero attached hydrogens (tertiary/aromatic N) is 3. The van der Waals surface area contributed by atoms with Crippen molar-refractivity contribution in [3.8, 4) is 0 Å². The van der Waals surface area contributed by atoms with Crippen LogP contribution in [0.5, 0.6) is 0 Å². The Hall–Kier alpha value is -1.88. The standard InChI is InChI=1S/C14H17ClN4O/c1-9(2)12-4-11(5-13(15)18-12)14(20)16-6-10-7-17-19(3)8-10/h4-5,7-9H,6H2,1-3H3,(H,16,20). The smallest absolute Gasteiger partial charge is 0.251 e. The molecule has 20 heavy (non-hydrogen) atoms. The Morgan fingerprint density at radius 1 is 1.45 bits per heavy atom. The Balaban J connectivity index is 2.09. The van der Waals surface area contributed by atoms with Crippen LogP contribution in [0.1, 0.15) is 41.4 Å². The highest BCUT2D eigenvalue weighted by Gasteiger charge is 2.11. The number of halogens is 1. The van der Waals surface area contributed by atoms with E-state index in [2.05, 4.69) is 15.4 Å². The fourth-order valence-corrected chi connectivity index (χ4v) is 2.01. The van der Waals surface area contributed by atoms with Gasteiger partial charge >= 0.3 is 0 Å². The number of aryl methyl sites for hydroxylation is 1. The zero-order valence-corrected chi connectivity index (χ0v) is 12.5. The first-order chi connectivity index (χ1) is 9.45. The lowest BCUT2D eigenvalue weighted by Gasteiger charge is -2.08. The lowest BCUT2D eigenvalue weighted by Crippen LogP contribution is -2.23. The molecule has 0 atom stereocenters. The Bertz CT molecular complexity index is 621. The monoisotopic (exact) mass is 292 g/mol. The Kier molecular flexibility index (Phi) is 4.39. The van der Waals surface area contributed by atoms with Crippen molar-refractivity contribution >= 4 is 17.5 Å². The number of rotatable bonds is 4. The van der Waals surface area contributed by atoms with Crippen molar-refractivity contribution < 1.29 is 4.79 Å². The van der Waals surface area contributed by atoms with Gasteiger partial charge in [-0.15, -0.1) is 0 Å². The molecule has 0 fully saturated rings. The van der Waals surface area contributed by atoms with Gasteiger partial charge in [0, 0.05) is 36.6 Å². The van der Waals surface area contributed by atoms with E-state index < -0.39 is 0 Å². The van der Waals surface area contributed by atoms with Gasteiger partial charge in [-0.1, -0.05) is 25.4 Å². The summed E-state index contributed by atoms with van der Waals surface area (Å²) in [6.07, 6.45) is 3.58. The number of carbonyl (C=O) groups is 1. The largest absolute Gasteiger partial charge is 0.348 e. The van der Waals surface area contributed by atoms with Crippen LogP contribution in [0, 0.1) is 0 Å². The van der Waals surface area contributed by atoms with Gasteiger partial charge in [0.15, 0.2) is 0 Å². The van der Waals surface area contributed by atoms with Gasteiger partial charge < -0.3 is 5.32 Å². The summed E-state index contributed by atoms with van der Waals surface area (Å²) in [6, 6.07) is 3.35. The fraction of sp³-hybridized carbons (Fsp3) is 0.357. The van der Waals surface area contributed by atoms with Gasteiger partial charge in [0.05, 0.1) is 6.20 Å². The SMILES string of the molecule is CC(C)c1cc(C(=O)NCc2cnn(C)c2)cc(Cl)n1. The molecule has 6 heteroatoms. The molecule has 2 rings (SSSR count). The van der Waals surface area contributed by atoms with Crippen LogP contribution < -0.4 is 5.32 Å². The summed E-state index contributed by atoms with van der Waals surface area (Å²) < 4.78 is 1.70. The third kappa shape index (κ3) is 3.57. The highest BCUT2D eigenvalue weighted by atomic mass is 35.5. The van der Waals surface area contributed by atoms with E-state index in [0.29, 0.717) is 17.3 Å². The van der Waals surface area contributed by atoms with Crippen molar-refractivity contribution in [2.75, 3.05) is 0 Å².